The number of carbonyl (C=O) groups excluding carboxylic acids is 2. The van der Waals surface area contributed by atoms with Crippen molar-refractivity contribution in [1.29, 1.82) is 0 Å². The number of rotatable bonds is 8. The number of anilines is 2. The molecule has 8 nitrogen and oxygen atoms in total. The van der Waals surface area contributed by atoms with Crippen molar-refractivity contribution in [2.75, 3.05) is 22.8 Å². The minimum Gasteiger partial charge on any atom is -0.352 e. The SMILES string of the molecule is CC(=O)Nc1ccc(NS(C)(=O)=O)c(C(=O)NCCc2ccc(-c3csc(C)n3)cc2)c1. The Morgan fingerprint density at radius 1 is 1.09 bits per heavy atom. The van der Waals surface area contributed by atoms with Crippen LogP contribution in [0.1, 0.15) is 27.9 Å². The Hall–Kier alpha value is -3.24. The van der Waals surface area contributed by atoms with Crippen LogP contribution in [-0.2, 0) is 21.2 Å². The molecule has 0 radical (unpaired) electrons. The Morgan fingerprint density at radius 3 is 2.41 bits per heavy atom. The molecule has 0 saturated carbocycles. The van der Waals surface area contributed by atoms with Crippen molar-refractivity contribution in [1.82, 2.24) is 10.3 Å². The van der Waals surface area contributed by atoms with Crippen molar-refractivity contribution < 1.29 is 18.0 Å². The van der Waals surface area contributed by atoms with Gasteiger partial charge in [-0.3, -0.25) is 14.3 Å². The van der Waals surface area contributed by atoms with E-state index in [0.717, 1.165) is 28.1 Å². The molecule has 0 fully saturated rings. The molecule has 0 aliphatic heterocycles. The topological polar surface area (TPSA) is 117 Å². The zero-order valence-corrected chi connectivity index (χ0v) is 19.6. The van der Waals surface area contributed by atoms with Crippen molar-refractivity contribution >= 4 is 44.5 Å². The van der Waals surface area contributed by atoms with Gasteiger partial charge in [0.2, 0.25) is 15.9 Å². The first-order valence-corrected chi connectivity index (χ1v) is 12.6. The summed E-state index contributed by atoms with van der Waals surface area (Å²) in [4.78, 5) is 28.6. The molecule has 3 N–H and O–H groups in total. The molecule has 0 spiro atoms. The molecule has 2 aromatic carbocycles. The molecule has 3 aromatic rings. The molecule has 1 aromatic heterocycles. The fraction of sp³-hybridized carbons (Fsp3) is 0.227. The van der Waals surface area contributed by atoms with Crippen LogP contribution < -0.4 is 15.4 Å². The van der Waals surface area contributed by atoms with Gasteiger partial charge >= 0.3 is 0 Å². The molecule has 1 heterocycles. The van der Waals surface area contributed by atoms with Gasteiger partial charge in [0.25, 0.3) is 5.91 Å². The van der Waals surface area contributed by atoms with E-state index in [9.17, 15) is 18.0 Å². The smallest absolute Gasteiger partial charge is 0.253 e. The molecular formula is C22H24N4O4S2. The predicted octanol–water partition coefficient (Wildman–Crippen LogP) is 3.42. The molecule has 32 heavy (non-hydrogen) atoms. The summed E-state index contributed by atoms with van der Waals surface area (Å²) in [5.74, 6) is -0.741. The number of thiazole rings is 1. The highest BCUT2D eigenvalue weighted by Crippen LogP contribution is 2.23. The monoisotopic (exact) mass is 472 g/mol. The molecule has 0 aliphatic rings. The van der Waals surface area contributed by atoms with E-state index in [1.54, 1.807) is 11.3 Å². The lowest BCUT2D eigenvalue weighted by Crippen LogP contribution is -2.27. The number of sulfonamides is 1. The minimum atomic E-state index is -3.58. The highest BCUT2D eigenvalue weighted by molar-refractivity contribution is 7.92. The average molecular weight is 473 g/mol. The van der Waals surface area contributed by atoms with Crippen LogP contribution in [0.4, 0.5) is 11.4 Å². The molecule has 0 saturated heterocycles. The van der Waals surface area contributed by atoms with E-state index in [1.807, 2.05) is 36.6 Å². The highest BCUT2D eigenvalue weighted by atomic mass is 32.2. The summed E-state index contributed by atoms with van der Waals surface area (Å²) in [6.45, 7) is 3.67. The maximum Gasteiger partial charge on any atom is 0.253 e. The van der Waals surface area contributed by atoms with Gasteiger partial charge in [0.05, 0.1) is 28.2 Å². The summed E-state index contributed by atoms with van der Waals surface area (Å²) in [6, 6.07) is 12.4. The van der Waals surface area contributed by atoms with E-state index < -0.39 is 15.9 Å². The van der Waals surface area contributed by atoms with Crippen molar-refractivity contribution in [3.63, 3.8) is 0 Å². The van der Waals surface area contributed by atoms with Crippen molar-refractivity contribution in [3.8, 4) is 11.3 Å². The van der Waals surface area contributed by atoms with Crippen LogP contribution in [0.15, 0.2) is 47.8 Å². The quantitative estimate of drug-likeness (QED) is 0.464. The second-order valence-corrected chi connectivity index (χ2v) is 10.1. The third-order valence-electron chi connectivity index (χ3n) is 4.45. The predicted molar refractivity (Wildman–Crippen MR) is 128 cm³/mol. The zero-order valence-electron chi connectivity index (χ0n) is 17.9. The van der Waals surface area contributed by atoms with E-state index in [-0.39, 0.29) is 17.2 Å². The van der Waals surface area contributed by atoms with Crippen LogP contribution in [0, 0.1) is 6.92 Å². The number of hydrogen-bond acceptors (Lipinski definition) is 6. The number of aromatic nitrogens is 1. The fourth-order valence-corrected chi connectivity index (χ4v) is 4.26. The van der Waals surface area contributed by atoms with Crippen LogP contribution in [0.5, 0.6) is 0 Å². The highest BCUT2D eigenvalue weighted by Gasteiger charge is 2.15. The average Bonchev–Trinajstić information content (AvgIpc) is 3.14. The number of benzene rings is 2. The van der Waals surface area contributed by atoms with Crippen LogP contribution in [0.25, 0.3) is 11.3 Å². The van der Waals surface area contributed by atoms with Gasteiger partial charge in [0.1, 0.15) is 0 Å². The van der Waals surface area contributed by atoms with E-state index in [0.29, 0.717) is 18.7 Å². The zero-order chi connectivity index (χ0) is 23.3. The normalized spacial score (nSPS) is 11.1. The summed E-state index contributed by atoms with van der Waals surface area (Å²) in [7, 11) is -3.58. The minimum absolute atomic E-state index is 0.121. The number of hydrogen-bond donors (Lipinski definition) is 3. The van der Waals surface area contributed by atoms with E-state index in [4.69, 9.17) is 0 Å². The second-order valence-electron chi connectivity index (χ2n) is 7.27. The lowest BCUT2D eigenvalue weighted by molar-refractivity contribution is -0.114. The summed E-state index contributed by atoms with van der Waals surface area (Å²) < 4.78 is 25.6. The van der Waals surface area contributed by atoms with Crippen molar-refractivity contribution in [2.24, 2.45) is 0 Å². The summed E-state index contributed by atoms with van der Waals surface area (Å²) in [5.41, 5.74) is 3.68. The molecule has 168 valence electrons. The van der Waals surface area contributed by atoms with Crippen molar-refractivity contribution in [3.05, 3.63) is 64.0 Å². The van der Waals surface area contributed by atoms with Gasteiger partial charge in [-0.2, -0.15) is 0 Å². The first kappa shape index (κ1) is 23.4. The van der Waals surface area contributed by atoms with Crippen LogP contribution in [0.2, 0.25) is 0 Å². The summed E-state index contributed by atoms with van der Waals surface area (Å²) >= 11 is 1.60. The van der Waals surface area contributed by atoms with Crippen molar-refractivity contribution in [2.45, 2.75) is 20.3 Å². The maximum absolute atomic E-state index is 12.8. The van der Waals surface area contributed by atoms with Gasteiger partial charge in [-0.05, 0) is 37.1 Å². The van der Waals surface area contributed by atoms with Gasteiger partial charge < -0.3 is 10.6 Å². The molecule has 2 amide bonds. The maximum atomic E-state index is 12.8. The lowest BCUT2D eigenvalue weighted by Gasteiger charge is -2.13. The van der Waals surface area contributed by atoms with Gasteiger partial charge in [0.15, 0.2) is 0 Å². The third kappa shape index (κ3) is 6.63. The standard InChI is InChI=1S/C22H24N4O4S2/c1-14(27)24-18-8-9-20(26-32(3,29)30)19(12-18)22(28)23-11-10-16-4-6-17(7-5-16)21-13-31-15(2)25-21/h4-9,12-13,26H,10-11H2,1-3H3,(H,23,28)(H,24,27). The van der Waals surface area contributed by atoms with Gasteiger partial charge in [-0.25, -0.2) is 13.4 Å². The molecular weight excluding hydrogens is 448 g/mol. The first-order valence-electron chi connectivity index (χ1n) is 9.80. The van der Waals surface area contributed by atoms with E-state index in [1.165, 1.54) is 25.1 Å². The fourth-order valence-electron chi connectivity index (χ4n) is 3.06. The third-order valence-corrected chi connectivity index (χ3v) is 5.81. The van der Waals surface area contributed by atoms with E-state index in [2.05, 4.69) is 20.3 Å². The largest absolute Gasteiger partial charge is 0.352 e. The second kappa shape index (κ2) is 9.92. The first-order chi connectivity index (χ1) is 15.1. The Morgan fingerprint density at radius 2 is 1.81 bits per heavy atom. The van der Waals surface area contributed by atoms with Crippen LogP contribution >= 0.6 is 11.3 Å². The number of nitrogens with zero attached hydrogens (tertiary/aromatic N) is 1. The lowest BCUT2D eigenvalue weighted by atomic mass is 10.1. The Bertz CT molecular complexity index is 1240. The van der Waals surface area contributed by atoms with Crippen LogP contribution in [-0.4, -0.2) is 38.0 Å². The molecule has 0 bridgehead atoms. The Labute approximate surface area is 191 Å². The summed E-state index contributed by atoms with van der Waals surface area (Å²) in [6.07, 6.45) is 1.61. The van der Waals surface area contributed by atoms with Gasteiger partial charge in [0, 0.05) is 30.1 Å². The molecule has 10 heteroatoms. The molecule has 0 unspecified atom stereocenters. The number of aryl methyl sites for hydroxylation is 1. The van der Waals surface area contributed by atoms with Gasteiger partial charge in [-0.15, -0.1) is 11.3 Å². The number of carbonyl (C=O) groups is 2. The van der Waals surface area contributed by atoms with E-state index >= 15 is 0 Å². The molecule has 0 atom stereocenters. The number of amides is 2. The molecule has 3 rings (SSSR count). The Balaban J connectivity index is 1.67. The molecule has 0 aliphatic carbocycles. The number of nitrogens with one attached hydrogen (secondary N) is 3. The van der Waals surface area contributed by atoms with Gasteiger partial charge in [-0.1, -0.05) is 24.3 Å². The van der Waals surface area contributed by atoms with Crippen LogP contribution in [0.3, 0.4) is 0 Å². The summed E-state index contributed by atoms with van der Waals surface area (Å²) in [5, 5.41) is 8.43. The Kier molecular flexibility index (Phi) is 7.26.